The van der Waals surface area contributed by atoms with Crippen molar-refractivity contribution >= 4 is 17.7 Å². The quantitative estimate of drug-likeness (QED) is 0.682. The number of ketones is 1. The van der Waals surface area contributed by atoms with Gasteiger partial charge in [-0.2, -0.15) is 0 Å². The molecule has 1 saturated heterocycles. The number of rotatable bonds is 4. The van der Waals surface area contributed by atoms with Gasteiger partial charge in [0.25, 0.3) is 5.91 Å². The predicted molar refractivity (Wildman–Crippen MR) is 90.8 cm³/mol. The van der Waals surface area contributed by atoms with Crippen LogP contribution in [-0.4, -0.2) is 34.7 Å². The molecule has 0 radical (unpaired) electrons. The largest absolute Gasteiger partial charge is 0.325 e. The number of nitrogens with zero attached hydrogens (tertiary/aromatic N) is 1. The molecular weight excluding hydrogens is 304 g/mol. The second kappa shape index (κ2) is 6.38. The van der Waals surface area contributed by atoms with Gasteiger partial charge in [-0.3, -0.25) is 14.5 Å². The van der Waals surface area contributed by atoms with Crippen molar-refractivity contribution in [2.24, 2.45) is 5.92 Å². The molecule has 2 aliphatic rings. The molecule has 5 nitrogen and oxygen atoms in total. The Morgan fingerprint density at radius 2 is 1.96 bits per heavy atom. The summed E-state index contributed by atoms with van der Waals surface area (Å²) in [4.78, 5) is 38.7. The number of nitrogens with one attached hydrogen (secondary N) is 1. The summed E-state index contributed by atoms with van der Waals surface area (Å²) >= 11 is 0. The Labute approximate surface area is 142 Å². The van der Waals surface area contributed by atoms with Gasteiger partial charge >= 0.3 is 6.03 Å². The van der Waals surface area contributed by atoms with Crippen molar-refractivity contribution in [3.63, 3.8) is 0 Å². The molecule has 24 heavy (non-hydrogen) atoms. The summed E-state index contributed by atoms with van der Waals surface area (Å²) in [5.74, 6) is -0.341. The monoisotopic (exact) mass is 328 g/mol. The van der Waals surface area contributed by atoms with E-state index in [4.69, 9.17) is 0 Å². The number of carbonyl (C=O) groups is 3. The van der Waals surface area contributed by atoms with Crippen LogP contribution in [0.3, 0.4) is 0 Å². The van der Waals surface area contributed by atoms with Crippen LogP contribution in [-0.2, 0) is 11.2 Å². The van der Waals surface area contributed by atoms with E-state index in [9.17, 15) is 14.4 Å². The number of benzene rings is 1. The molecule has 1 aromatic rings. The average molecular weight is 328 g/mol. The van der Waals surface area contributed by atoms with E-state index in [-0.39, 0.29) is 24.2 Å². The average Bonchev–Trinajstić information content (AvgIpc) is 2.82. The van der Waals surface area contributed by atoms with E-state index < -0.39 is 11.6 Å². The second-order valence-electron chi connectivity index (χ2n) is 6.91. The van der Waals surface area contributed by atoms with Crippen molar-refractivity contribution < 1.29 is 14.4 Å². The Balaban J connectivity index is 1.76. The first kappa shape index (κ1) is 16.7. The van der Waals surface area contributed by atoms with E-state index in [2.05, 4.69) is 12.2 Å². The van der Waals surface area contributed by atoms with E-state index in [1.54, 1.807) is 12.1 Å². The zero-order chi connectivity index (χ0) is 17.3. The van der Waals surface area contributed by atoms with Crippen LogP contribution >= 0.6 is 0 Å². The number of imide groups is 1. The zero-order valence-electron chi connectivity index (χ0n) is 14.3. The van der Waals surface area contributed by atoms with Crippen LogP contribution in [0.15, 0.2) is 24.3 Å². The van der Waals surface area contributed by atoms with Gasteiger partial charge in [-0.1, -0.05) is 51.0 Å². The normalized spacial score (nSPS) is 26.8. The maximum Gasteiger partial charge on any atom is 0.325 e. The lowest BCUT2D eigenvalue weighted by atomic mass is 9.73. The number of hydrogen-bond acceptors (Lipinski definition) is 3. The minimum Gasteiger partial charge on any atom is -0.323 e. The SMILES string of the molecule is CCc1ccc(C(=O)CN2C(=O)N[C@]3(CCCC[C@@H]3C)C2=O)cc1. The smallest absolute Gasteiger partial charge is 0.323 e. The lowest BCUT2D eigenvalue weighted by Crippen LogP contribution is -2.54. The van der Waals surface area contributed by atoms with Crippen molar-refractivity contribution in [2.45, 2.75) is 51.5 Å². The summed E-state index contributed by atoms with van der Waals surface area (Å²) in [5.41, 5.74) is 0.878. The molecule has 5 heteroatoms. The molecule has 1 aromatic carbocycles. The molecule has 1 aliphatic carbocycles. The van der Waals surface area contributed by atoms with E-state index in [1.807, 2.05) is 19.1 Å². The highest BCUT2D eigenvalue weighted by molar-refractivity contribution is 6.11. The Bertz CT molecular complexity index is 668. The Hall–Kier alpha value is -2.17. The minimum absolute atomic E-state index is 0.103. The van der Waals surface area contributed by atoms with Crippen LogP contribution in [0.4, 0.5) is 4.79 Å². The maximum absolute atomic E-state index is 12.9. The fraction of sp³-hybridized carbons (Fsp3) is 0.526. The van der Waals surface area contributed by atoms with Gasteiger partial charge in [0.2, 0.25) is 0 Å². The molecule has 0 bridgehead atoms. The molecule has 0 aromatic heterocycles. The van der Waals surface area contributed by atoms with Crippen molar-refractivity contribution in [3.05, 3.63) is 35.4 Å². The fourth-order valence-electron chi connectivity index (χ4n) is 3.80. The van der Waals surface area contributed by atoms with Gasteiger partial charge in [0.05, 0.1) is 6.54 Å². The maximum atomic E-state index is 12.9. The van der Waals surface area contributed by atoms with Gasteiger partial charge in [0.15, 0.2) is 5.78 Å². The van der Waals surface area contributed by atoms with Crippen LogP contribution in [0, 0.1) is 5.92 Å². The second-order valence-corrected chi connectivity index (χ2v) is 6.91. The number of carbonyl (C=O) groups excluding carboxylic acids is 3. The molecule has 1 saturated carbocycles. The lowest BCUT2D eigenvalue weighted by molar-refractivity contribution is -0.133. The van der Waals surface area contributed by atoms with Gasteiger partial charge in [-0.15, -0.1) is 0 Å². The third-order valence-corrected chi connectivity index (χ3v) is 5.49. The third kappa shape index (κ3) is 2.72. The zero-order valence-corrected chi connectivity index (χ0v) is 14.3. The van der Waals surface area contributed by atoms with Gasteiger partial charge in [-0.25, -0.2) is 4.79 Å². The molecule has 1 N–H and O–H groups in total. The first-order chi connectivity index (χ1) is 11.5. The van der Waals surface area contributed by atoms with Gasteiger partial charge in [-0.05, 0) is 30.7 Å². The van der Waals surface area contributed by atoms with Gasteiger partial charge in [0, 0.05) is 5.56 Å². The summed E-state index contributed by atoms with van der Waals surface area (Å²) in [6.45, 7) is 3.87. The van der Waals surface area contributed by atoms with Crippen molar-refractivity contribution in [1.82, 2.24) is 10.2 Å². The number of aryl methyl sites for hydroxylation is 1. The van der Waals surface area contributed by atoms with E-state index in [1.165, 1.54) is 0 Å². The highest BCUT2D eigenvalue weighted by atomic mass is 16.2. The van der Waals surface area contributed by atoms with Crippen molar-refractivity contribution in [3.8, 4) is 0 Å². The molecule has 1 aliphatic heterocycles. The first-order valence-electron chi connectivity index (χ1n) is 8.74. The van der Waals surface area contributed by atoms with Crippen LogP contribution < -0.4 is 5.32 Å². The minimum atomic E-state index is -0.804. The number of urea groups is 1. The molecule has 1 spiro atoms. The number of hydrogen-bond donors (Lipinski definition) is 1. The topological polar surface area (TPSA) is 66.5 Å². The predicted octanol–water partition coefficient (Wildman–Crippen LogP) is 2.93. The molecule has 1 heterocycles. The summed E-state index contributed by atoms with van der Waals surface area (Å²) in [6.07, 6.45) is 4.49. The molecule has 3 amide bonds. The summed E-state index contributed by atoms with van der Waals surface area (Å²) in [5, 5.41) is 2.88. The standard InChI is InChI=1S/C19H24N2O3/c1-3-14-7-9-15(10-8-14)16(22)12-21-17(23)19(20-18(21)24)11-5-4-6-13(19)2/h7-10,13H,3-6,11-12H2,1-2H3,(H,20,24)/t13-,19-/m0/s1. The number of amides is 3. The van der Waals surface area contributed by atoms with Crippen LogP contribution in [0.1, 0.15) is 55.5 Å². The van der Waals surface area contributed by atoms with E-state index >= 15 is 0 Å². The lowest BCUT2D eigenvalue weighted by Gasteiger charge is -2.36. The summed E-state index contributed by atoms with van der Waals surface area (Å²) in [6, 6.07) is 6.90. The van der Waals surface area contributed by atoms with Crippen LogP contribution in [0.5, 0.6) is 0 Å². The van der Waals surface area contributed by atoms with Crippen LogP contribution in [0.2, 0.25) is 0 Å². The molecule has 2 fully saturated rings. The molecule has 2 atom stereocenters. The molecule has 0 unspecified atom stereocenters. The number of Topliss-reactive ketones (excluding diaryl/α,β-unsaturated/α-hetero) is 1. The highest BCUT2D eigenvalue weighted by Crippen LogP contribution is 2.38. The van der Waals surface area contributed by atoms with Gasteiger partial charge in [0.1, 0.15) is 5.54 Å². The van der Waals surface area contributed by atoms with Crippen molar-refractivity contribution in [1.29, 1.82) is 0 Å². The van der Waals surface area contributed by atoms with Gasteiger partial charge < -0.3 is 5.32 Å². The molecule has 3 rings (SSSR count). The third-order valence-electron chi connectivity index (χ3n) is 5.49. The molecule has 128 valence electrons. The van der Waals surface area contributed by atoms with Crippen LogP contribution in [0.25, 0.3) is 0 Å². The summed E-state index contributed by atoms with van der Waals surface area (Å²) in [7, 11) is 0. The van der Waals surface area contributed by atoms with E-state index in [0.717, 1.165) is 36.1 Å². The van der Waals surface area contributed by atoms with Crippen molar-refractivity contribution in [2.75, 3.05) is 6.54 Å². The molecular formula is C19H24N2O3. The Morgan fingerprint density at radius 3 is 2.58 bits per heavy atom. The fourth-order valence-corrected chi connectivity index (χ4v) is 3.80. The Kier molecular flexibility index (Phi) is 4.43. The first-order valence-corrected chi connectivity index (χ1v) is 8.74. The highest BCUT2D eigenvalue weighted by Gasteiger charge is 2.55. The summed E-state index contributed by atoms with van der Waals surface area (Å²) < 4.78 is 0. The van der Waals surface area contributed by atoms with E-state index in [0.29, 0.717) is 12.0 Å². The Morgan fingerprint density at radius 1 is 1.25 bits per heavy atom.